The lowest BCUT2D eigenvalue weighted by Gasteiger charge is -2.10. The van der Waals surface area contributed by atoms with Gasteiger partial charge in [-0.1, -0.05) is 38.1 Å². The van der Waals surface area contributed by atoms with Crippen molar-refractivity contribution in [2.45, 2.75) is 33.1 Å². The highest BCUT2D eigenvalue weighted by Crippen LogP contribution is 2.07. The van der Waals surface area contributed by atoms with Crippen LogP contribution in [-0.4, -0.2) is 19.0 Å². The van der Waals surface area contributed by atoms with E-state index in [9.17, 15) is 4.79 Å². The lowest BCUT2D eigenvalue weighted by Crippen LogP contribution is -2.31. The lowest BCUT2D eigenvalue weighted by atomic mass is 10.1. The molecule has 1 rings (SSSR count). The second kappa shape index (κ2) is 9.82. The molecule has 0 saturated carbocycles. The van der Waals surface area contributed by atoms with Crippen LogP contribution in [0.25, 0.3) is 0 Å². The third-order valence-corrected chi connectivity index (χ3v) is 3.12. The number of hydrogen-bond acceptors (Lipinski definition) is 2. The number of amides is 1. The van der Waals surface area contributed by atoms with Crippen molar-refractivity contribution < 1.29 is 4.79 Å². The Balaban J connectivity index is 0.00000324. The third kappa shape index (κ3) is 7.19. The summed E-state index contributed by atoms with van der Waals surface area (Å²) in [7, 11) is 0. The number of nitrogens with two attached hydrogens (primary N) is 1. The van der Waals surface area contributed by atoms with Crippen molar-refractivity contribution >= 4 is 18.3 Å². The Kier molecular flexibility index (Phi) is 9.27. The van der Waals surface area contributed by atoms with Crippen LogP contribution in [0, 0.1) is 5.92 Å². The Morgan fingerprint density at radius 3 is 2.37 bits per heavy atom. The Bertz CT molecular complexity index is 365. The SMILES string of the molecule is CCc1ccc(CCC(=O)NCC(C)CN)cc1.Cl. The molecule has 0 fully saturated rings. The van der Waals surface area contributed by atoms with Gasteiger partial charge in [-0.05, 0) is 36.4 Å². The molecule has 1 unspecified atom stereocenters. The first-order chi connectivity index (χ1) is 8.65. The molecule has 3 nitrogen and oxygen atoms in total. The number of aryl methyl sites for hydroxylation is 2. The zero-order valence-electron chi connectivity index (χ0n) is 11.8. The van der Waals surface area contributed by atoms with Crippen LogP contribution in [0.2, 0.25) is 0 Å². The molecule has 0 spiro atoms. The van der Waals surface area contributed by atoms with E-state index in [1.165, 1.54) is 11.1 Å². The van der Waals surface area contributed by atoms with Gasteiger partial charge in [0.15, 0.2) is 0 Å². The molecule has 0 aliphatic heterocycles. The molecule has 0 radical (unpaired) electrons. The second-order valence-corrected chi connectivity index (χ2v) is 4.82. The van der Waals surface area contributed by atoms with Crippen molar-refractivity contribution in [1.82, 2.24) is 5.32 Å². The highest BCUT2D eigenvalue weighted by Gasteiger charge is 2.04. The summed E-state index contributed by atoms with van der Waals surface area (Å²) in [5, 5.41) is 2.91. The number of benzene rings is 1. The number of rotatable bonds is 7. The van der Waals surface area contributed by atoms with Crippen LogP contribution in [0.1, 0.15) is 31.4 Å². The van der Waals surface area contributed by atoms with E-state index in [0.717, 1.165) is 12.8 Å². The molecule has 0 aliphatic rings. The van der Waals surface area contributed by atoms with Crippen molar-refractivity contribution in [3.63, 3.8) is 0 Å². The van der Waals surface area contributed by atoms with Gasteiger partial charge in [0.05, 0.1) is 0 Å². The predicted octanol–water partition coefficient (Wildman–Crippen LogP) is 2.31. The molecule has 108 valence electrons. The van der Waals surface area contributed by atoms with Crippen molar-refractivity contribution in [1.29, 1.82) is 0 Å². The smallest absolute Gasteiger partial charge is 0.220 e. The minimum absolute atomic E-state index is 0. The monoisotopic (exact) mass is 284 g/mol. The van der Waals surface area contributed by atoms with Crippen LogP contribution >= 0.6 is 12.4 Å². The number of halogens is 1. The van der Waals surface area contributed by atoms with E-state index >= 15 is 0 Å². The van der Waals surface area contributed by atoms with Crippen LogP contribution in [0.3, 0.4) is 0 Å². The lowest BCUT2D eigenvalue weighted by molar-refractivity contribution is -0.121. The Morgan fingerprint density at radius 1 is 1.26 bits per heavy atom. The molecule has 1 atom stereocenters. The average Bonchev–Trinajstić information content (AvgIpc) is 2.42. The molecule has 4 heteroatoms. The number of carbonyl (C=O) groups is 1. The summed E-state index contributed by atoms with van der Waals surface area (Å²) in [5.41, 5.74) is 8.05. The quantitative estimate of drug-likeness (QED) is 0.807. The Labute approximate surface area is 122 Å². The van der Waals surface area contributed by atoms with Crippen molar-refractivity contribution in [2.24, 2.45) is 11.7 Å². The van der Waals surface area contributed by atoms with E-state index in [-0.39, 0.29) is 18.3 Å². The van der Waals surface area contributed by atoms with E-state index < -0.39 is 0 Å². The van der Waals surface area contributed by atoms with Crippen molar-refractivity contribution in [3.8, 4) is 0 Å². The minimum Gasteiger partial charge on any atom is -0.356 e. The first kappa shape index (κ1) is 17.9. The number of carbonyl (C=O) groups excluding carboxylic acids is 1. The van der Waals surface area contributed by atoms with Gasteiger partial charge < -0.3 is 11.1 Å². The van der Waals surface area contributed by atoms with E-state index in [2.05, 4.69) is 36.5 Å². The molecule has 0 bridgehead atoms. The molecule has 0 aromatic heterocycles. The summed E-state index contributed by atoms with van der Waals surface area (Å²) < 4.78 is 0. The third-order valence-electron chi connectivity index (χ3n) is 3.12. The summed E-state index contributed by atoms with van der Waals surface area (Å²) in [6.07, 6.45) is 2.40. The zero-order chi connectivity index (χ0) is 13.4. The van der Waals surface area contributed by atoms with E-state index in [1.807, 2.05) is 6.92 Å². The molecular weight excluding hydrogens is 260 g/mol. The summed E-state index contributed by atoms with van der Waals surface area (Å²) in [5.74, 6) is 0.452. The maximum absolute atomic E-state index is 11.6. The van der Waals surface area contributed by atoms with Crippen LogP contribution in [0.4, 0.5) is 0 Å². The van der Waals surface area contributed by atoms with Gasteiger partial charge in [-0.3, -0.25) is 4.79 Å². The fraction of sp³-hybridized carbons (Fsp3) is 0.533. The molecule has 0 saturated heterocycles. The second-order valence-electron chi connectivity index (χ2n) is 4.82. The van der Waals surface area contributed by atoms with Gasteiger partial charge in [0, 0.05) is 13.0 Å². The van der Waals surface area contributed by atoms with Crippen LogP contribution in [0.5, 0.6) is 0 Å². The van der Waals surface area contributed by atoms with Gasteiger partial charge in [0.25, 0.3) is 0 Å². The molecule has 1 aromatic rings. The van der Waals surface area contributed by atoms with Crippen molar-refractivity contribution in [2.75, 3.05) is 13.1 Å². The summed E-state index contributed by atoms with van der Waals surface area (Å²) >= 11 is 0. The normalized spacial score (nSPS) is 11.5. The highest BCUT2D eigenvalue weighted by atomic mass is 35.5. The summed E-state index contributed by atoms with van der Waals surface area (Å²) in [6.45, 7) is 5.45. The summed E-state index contributed by atoms with van der Waals surface area (Å²) in [4.78, 5) is 11.6. The summed E-state index contributed by atoms with van der Waals surface area (Å²) in [6, 6.07) is 8.47. The maximum atomic E-state index is 11.6. The van der Waals surface area contributed by atoms with Crippen molar-refractivity contribution in [3.05, 3.63) is 35.4 Å². The van der Waals surface area contributed by atoms with Gasteiger partial charge in [-0.2, -0.15) is 0 Å². The fourth-order valence-corrected chi connectivity index (χ4v) is 1.66. The van der Waals surface area contributed by atoms with Gasteiger partial charge in [0.2, 0.25) is 5.91 Å². The number of hydrogen-bond donors (Lipinski definition) is 2. The molecule has 1 aromatic carbocycles. The zero-order valence-corrected chi connectivity index (χ0v) is 12.6. The largest absolute Gasteiger partial charge is 0.356 e. The standard InChI is InChI=1S/C15H24N2O.ClH/c1-3-13-4-6-14(7-5-13)8-9-15(18)17-11-12(2)10-16;/h4-7,12H,3,8-11,16H2,1-2H3,(H,17,18);1H. The number of nitrogens with one attached hydrogen (secondary N) is 1. The van der Waals surface area contributed by atoms with Crippen LogP contribution in [0.15, 0.2) is 24.3 Å². The highest BCUT2D eigenvalue weighted by molar-refractivity contribution is 5.85. The van der Waals surface area contributed by atoms with Gasteiger partial charge in [-0.25, -0.2) is 0 Å². The Morgan fingerprint density at radius 2 is 1.84 bits per heavy atom. The average molecular weight is 285 g/mol. The molecule has 3 N–H and O–H groups in total. The van der Waals surface area contributed by atoms with Gasteiger partial charge in [-0.15, -0.1) is 12.4 Å². The van der Waals surface area contributed by atoms with Gasteiger partial charge in [0.1, 0.15) is 0 Å². The molecule has 19 heavy (non-hydrogen) atoms. The molecule has 0 heterocycles. The minimum atomic E-state index is 0. The maximum Gasteiger partial charge on any atom is 0.220 e. The van der Waals surface area contributed by atoms with Gasteiger partial charge >= 0.3 is 0 Å². The van der Waals surface area contributed by atoms with E-state index in [1.54, 1.807) is 0 Å². The molecular formula is C15H25ClN2O. The van der Waals surface area contributed by atoms with E-state index in [0.29, 0.717) is 25.4 Å². The first-order valence-electron chi connectivity index (χ1n) is 6.70. The fourth-order valence-electron chi connectivity index (χ4n) is 1.66. The molecule has 1 amide bonds. The van der Waals surface area contributed by atoms with Crippen LogP contribution < -0.4 is 11.1 Å². The topological polar surface area (TPSA) is 55.1 Å². The Hall–Kier alpha value is -1.06. The first-order valence-corrected chi connectivity index (χ1v) is 6.70. The van der Waals surface area contributed by atoms with E-state index in [4.69, 9.17) is 5.73 Å². The van der Waals surface area contributed by atoms with Crippen LogP contribution in [-0.2, 0) is 17.6 Å². The predicted molar refractivity (Wildman–Crippen MR) is 82.6 cm³/mol. The molecule has 0 aliphatic carbocycles.